The van der Waals surface area contributed by atoms with E-state index >= 15 is 0 Å². The fraction of sp³-hybridized carbons (Fsp3) is 0.462. The minimum atomic E-state index is -0.921. The summed E-state index contributed by atoms with van der Waals surface area (Å²) in [6.07, 6.45) is 2.78. The number of nitrogens with zero attached hydrogens (tertiary/aromatic N) is 1. The lowest BCUT2D eigenvalue weighted by Crippen LogP contribution is -2.31. The van der Waals surface area contributed by atoms with Crippen molar-refractivity contribution in [1.82, 2.24) is 4.90 Å². The molecule has 1 aromatic heterocycles. The molecule has 5 heteroatoms. The molecule has 0 aliphatic rings. The smallest absolute Gasteiger partial charge is 0.328 e. The van der Waals surface area contributed by atoms with Gasteiger partial charge in [0.25, 0.3) is 0 Å². The molecule has 0 bridgehead atoms. The van der Waals surface area contributed by atoms with Crippen LogP contribution >= 0.6 is 11.3 Å². The predicted molar refractivity (Wildman–Crippen MR) is 73.8 cm³/mol. The van der Waals surface area contributed by atoms with Gasteiger partial charge in [-0.1, -0.05) is 0 Å². The molecule has 1 heterocycles. The van der Waals surface area contributed by atoms with E-state index in [-0.39, 0.29) is 0 Å². The van der Waals surface area contributed by atoms with Crippen LogP contribution in [0.1, 0.15) is 16.7 Å². The Balaban J connectivity index is 2.55. The number of rotatable bonds is 7. The largest absolute Gasteiger partial charge is 0.478 e. The van der Waals surface area contributed by atoms with Crippen LogP contribution in [0, 0.1) is 0 Å². The molecule has 1 aromatic rings. The molecule has 1 rings (SSSR count). The number of hydrogen-bond acceptors (Lipinski definition) is 4. The number of thiophene rings is 1. The van der Waals surface area contributed by atoms with Gasteiger partial charge < -0.3 is 9.84 Å². The van der Waals surface area contributed by atoms with E-state index in [1.807, 2.05) is 12.1 Å². The zero-order chi connectivity index (χ0) is 13.5. The first-order valence-electron chi connectivity index (χ1n) is 5.72. The summed E-state index contributed by atoms with van der Waals surface area (Å²) in [5.41, 5.74) is 0. The summed E-state index contributed by atoms with van der Waals surface area (Å²) in [4.78, 5) is 14.8. The van der Waals surface area contributed by atoms with E-state index in [0.29, 0.717) is 12.6 Å². The second kappa shape index (κ2) is 7.31. The van der Waals surface area contributed by atoms with E-state index in [4.69, 9.17) is 9.84 Å². The summed E-state index contributed by atoms with van der Waals surface area (Å²) in [7, 11) is 3.75. The third-order valence-corrected chi connectivity index (χ3v) is 3.67. The number of likely N-dealkylation sites (N-methyl/N-ethyl adjacent to an activating group) is 1. The third kappa shape index (κ3) is 5.00. The predicted octanol–water partition coefficient (Wildman–Crippen LogP) is 2.31. The molecular weight excluding hydrogens is 250 g/mol. The van der Waals surface area contributed by atoms with Crippen LogP contribution in [-0.4, -0.2) is 42.8 Å². The van der Waals surface area contributed by atoms with Crippen LogP contribution in [0.3, 0.4) is 0 Å². The SMILES string of the molecule is COCC(C)N(C)Cc1ccc(/C=C/C(=O)O)s1. The Morgan fingerprint density at radius 3 is 2.94 bits per heavy atom. The summed E-state index contributed by atoms with van der Waals surface area (Å²) in [5.74, 6) is -0.921. The van der Waals surface area contributed by atoms with Crippen molar-refractivity contribution >= 4 is 23.4 Å². The highest BCUT2D eigenvalue weighted by atomic mass is 32.1. The molecule has 0 saturated heterocycles. The maximum Gasteiger partial charge on any atom is 0.328 e. The van der Waals surface area contributed by atoms with Gasteiger partial charge in [-0.15, -0.1) is 11.3 Å². The molecule has 1 atom stereocenters. The Kier molecular flexibility index (Phi) is 6.04. The molecule has 1 N–H and O–H groups in total. The highest BCUT2D eigenvalue weighted by Gasteiger charge is 2.10. The number of ether oxygens (including phenoxy) is 1. The van der Waals surface area contributed by atoms with Gasteiger partial charge in [0.05, 0.1) is 6.61 Å². The molecule has 4 nitrogen and oxygen atoms in total. The first-order valence-corrected chi connectivity index (χ1v) is 6.53. The van der Waals surface area contributed by atoms with Crippen molar-refractivity contribution in [3.63, 3.8) is 0 Å². The number of carboxylic acid groups (broad SMARTS) is 1. The highest BCUT2D eigenvalue weighted by Crippen LogP contribution is 2.20. The first-order chi connectivity index (χ1) is 8.52. The molecule has 0 fully saturated rings. The van der Waals surface area contributed by atoms with E-state index in [0.717, 1.165) is 17.5 Å². The highest BCUT2D eigenvalue weighted by molar-refractivity contribution is 7.12. The van der Waals surface area contributed by atoms with Gasteiger partial charge in [-0.25, -0.2) is 4.79 Å². The van der Waals surface area contributed by atoms with Crippen LogP contribution in [0.4, 0.5) is 0 Å². The van der Waals surface area contributed by atoms with Crippen LogP contribution in [0.2, 0.25) is 0 Å². The third-order valence-electron chi connectivity index (χ3n) is 2.64. The van der Waals surface area contributed by atoms with Crippen LogP contribution in [0.15, 0.2) is 18.2 Å². The topological polar surface area (TPSA) is 49.8 Å². The summed E-state index contributed by atoms with van der Waals surface area (Å²) in [6, 6.07) is 4.33. The Morgan fingerprint density at radius 2 is 2.33 bits per heavy atom. The fourth-order valence-electron chi connectivity index (χ4n) is 1.49. The monoisotopic (exact) mass is 269 g/mol. The molecule has 0 radical (unpaired) electrons. The second-order valence-electron chi connectivity index (χ2n) is 4.20. The van der Waals surface area contributed by atoms with Gasteiger partial charge in [0.1, 0.15) is 0 Å². The van der Waals surface area contributed by atoms with Gasteiger partial charge in [-0.3, -0.25) is 4.90 Å². The van der Waals surface area contributed by atoms with Gasteiger partial charge >= 0.3 is 5.97 Å². The van der Waals surface area contributed by atoms with Crippen LogP contribution in [0.5, 0.6) is 0 Å². The van der Waals surface area contributed by atoms with Crippen molar-refractivity contribution in [2.45, 2.75) is 19.5 Å². The molecule has 18 heavy (non-hydrogen) atoms. The summed E-state index contributed by atoms with van der Waals surface area (Å²) in [6.45, 7) is 3.66. The minimum absolute atomic E-state index is 0.357. The number of methoxy groups -OCH3 is 1. The van der Waals surface area contributed by atoms with Crippen molar-refractivity contribution in [2.24, 2.45) is 0 Å². The van der Waals surface area contributed by atoms with Gasteiger partial charge in [0.15, 0.2) is 0 Å². The Bertz CT molecular complexity index is 414. The normalized spacial score (nSPS) is 13.3. The van der Waals surface area contributed by atoms with Crippen LogP contribution in [0.25, 0.3) is 6.08 Å². The zero-order valence-electron chi connectivity index (χ0n) is 10.9. The number of carbonyl (C=O) groups is 1. The standard InChI is InChI=1S/C13H19NO3S/c1-10(9-17-3)14(2)8-12-5-4-11(18-12)6-7-13(15)16/h4-7,10H,8-9H2,1-3H3,(H,15,16)/b7-6+. The summed E-state index contributed by atoms with van der Waals surface area (Å²) < 4.78 is 5.12. The van der Waals surface area contributed by atoms with E-state index in [1.165, 1.54) is 4.88 Å². The first kappa shape index (κ1) is 14.9. The molecule has 0 aliphatic heterocycles. The maximum atomic E-state index is 10.4. The Hall–Kier alpha value is -1.17. The van der Waals surface area contributed by atoms with E-state index in [2.05, 4.69) is 18.9 Å². The van der Waals surface area contributed by atoms with E-state index in [9.17, 15) is 4.79 Å². The van der Waals surface area contributed by atoms with Crippen molar-refractivity contribution in [2.75, 3.05) is 20.8 Å². The maximum absolute atomic E-state index is 10.4. The Morgan fingerprint density at radius 1 is 1.61 bits per heavy atom. The molecule has 0 aromatic carbocycles. The van der Waals surface area contributed by atoms with Crippen molar-refractivity contribution < 1.29 is 14.6 Å². The van der Waals surface area contributed by atoms with Crippen molar-refractivity contribution in [1.29, 1.82) is 0 Å². The fourth-order valence-corrected chi connectivity index (χ4v) is 2.47. The van der Waals surface area contributed by atoms with Crippen LogP contribution in [-0.2, 0) is 16.1 Å². The average Bonchev–Trinajstić information content (AvgIpc) is 2.74. The Labute approximate surface area is 111 Å². The van der Waals surface area contributed by atoms with E-state index < -0.39 is 5.97 Å². The number of carboxylic acids is 1. The van der Waals surface area contributed by atoms with Gasteiger partial charge in [0, 0.05) is 35.5 Å². The number of aliphatic carboxylic acids is 1. The lowest BCUT2D eigenvalue weighted by atomic mass is 10.3. The quantitative estimate of drug-likeness (QED) is 0.772. The molecule has 0 aliphatic carbocycles. The average molecular weight is 269 g/mol. The van der Waals surface area contributed by atoms with Gasteiger partial charge in [-0.2, -0.15) is 0 Å². The zero-order valence-corrected chi connectivity index (χ0v) is 11.7. The number of hydrogen-bond donors (Lipinski definition) is 1. The lowest BCUT2D eigenvalue weighted by molar-refractivity contribution is -0.131. The molecule has 100 valence electrons. The molecule has 1 unspecified atom stereocenters. The molecule has 0 saturated carbocycles. The molecule has 0 spiro atoms. The molecule has 0 amide bonds. The van der Waals surface area contributed by atoms with Crippen molar-refractivity contribution in [3.8, 4) is 0 Å². The van der Waals surface area contributed by atoms with Gasteiger partial charge in [0.2, 0.25) is 0 Å². The summed E-state index contributed by atoms with van der Waals surface area (Å²) >= 11 is 1.61. The van der Waals surface area contributed by atoms with Crippen molar-refractivity contribution in [3.05, 3.63) is 28.0 Å². The minimum Gasteiger partial charge on any atom is -0.478 e. The molecular formula is C13H19NO3S. The summed E-state index contributed by atoms with van der Waals surface area (Å²) in [5, 5.41) is 8.55. The van der Waals surface area contributed by atoms with Gasteiger partial charge in [-0.05, 0) is 32.2 Å². The lowest BCUT2D eigenvalue weighted by Gasteiger charge is -2.23. The van der Waals surface area contributed by atoms with Crippen LogP contribution < -0.4 is 0 Å². The second-order valence-corrected chi connectivity index (χ2v) is 5.40. The van der Waals surface area contributed by atoms with E-state index in [1.54, 1.807) is 24.5 Å².